The molecule has 2 N–H and O–H groups in total. The number of halogens is 3. The Bertz CT molecular complexity index is 717. The number of aliphatic hydroxyl groups is 1. The number of aliphatic hydroxyl groups excluding tert-OH is 1. The van der Waals surface area contributed by atoms with Crippen molar-refractivity contribution in [2.75, 3.05) is 7.11 Å². The average molecular weight is 372 g/mol. The van der Waals surface area contributed by atoms with Gasteiger partial charge in [0.25, 0.3) is 5.91 Å². The van der Waals surface area contributed by atoms with Gasteiger partial charge in [0.1, 0.15) is 17.8 Å². The quantitative estimate of drug-likeness (QED) is 0.867. The summed E-state index contributed by atoms with van der Waals surface area (Å²) in [5.74, 6) is -0.564. The van der Waals surface area contributed by atoms with Crippen molar-refractivity contribution in [2.45, 2.75) is 44.3 Å². The van der Waals surface area contributed by atoms with E-state index < -0.39 is 17.6 Å². The van der Waals surface area contributed by atoms with Crippen LogP contribution in [-0.4, -0.2) is 38.7 Å². The normalized spacial score (nSPS) is 15.1. The Kier molecular flexibility index (Phi) is 6.73. The molecule has 0 aromatic carbocycles. The Morgan fingerprint density at radius 3 is 2.54 bits per heavy atom. The first kappa shape index (κ1) is 19.9. The van der Waals surface area contributed by atoms with Crippen LogP contribution in [-0.2, 0) is 6.18 Å². The lowest BCUT2D eigenvalue weighted by molar-refractivity contribution is -0.137. The number of nitrogens with zero attached hydrogens (tertiary/aromatic N) is 3. The van der Waals surface area contributed by atoms with Crippen LogP contribution in [0.15, 0.2) is 30.9 Å². The van der Waals surface area contributed by atoms with Crippen LogP contribution in [0.2, 0.25) is 0 Å². The molecule has 9 heteroatoms. The summed E-state index contributed by atoms with van der Waals surface area (Å²) in [5.41, 5.74) is -1.14. The van der Waals surface area contributed by atoms with Crippen molar-refractivity contribution in [3.63, 3.8) is 0 Å². The molecule has 0 saturated heterocycles. The lowest BCUT2D eigenvalue weighted by Gasteiger charge is -2.22. The van der Waals surface area contributed by atoms with Crippen molar-refractivity contribution >= 4 is 5.91 Å². The molecule has 1 saturated carbocycles. The summed E-state index contributed by atoms with van der Waals surface area (Å²) in [6, 6.07) is 1.69. The van der Waals surface area contributed by atoms with Gasteiger partial charge in [0.2, 0.25) is 0 Å². The van der Waals surface area contributed by atoms with Crippen molar-refractivity contribution < 1.29 is 24.5 Å². The molecule has 0 spiro atoms. The molecule has 6 nitrogen and oxygen atoms in total. The molecular weight excluding hydrogens is 349 g/mol. The first-order valence-corrected chi connectivity index (χ1v) is 8.27. The van der Waals surface area contributed by atoms with E-state index in [9.17, 15) is 18.0 Å². The molecule has 144 valence electrons. The van der Waals surface area contributed by atoms with Gasteiger partial charge in [-0.3, -0.25) is 9.36 Å². The third-order valence-electron chi connectivity index (χ3n) is 4.08. The van der Waals surface area contributed by atoms with E-state index in [-0.39, 0.29) is 19.0 Å². The smallest absolute Gasteiger partial charge is 0.400 e. The van der Waals surface area contributed by atoms with Crippen molar-refractivity contribution in [3.05, 3.63) is 42.1 Å². The van der Waals surface area contributed by atoms with Gasteiger partial charge in [-0.25, -0.2) is 9.97 Å². The van der Waals surface area contributed by atoms with E-state index in [1.54, 1.807) is 0 Å². The van der Waals surface area contributed by atoms with Gasteiger partial charge >= 0.3 is 6.18 Å². The van der Waals surface area contributed by atoms with Gasteiger partial charge in [-0.15, -0.1) is 0 Å². The van der Waals surface area contributed by atoms with Crippen molar-refractivity contribution in [2.24, 2.45) is 0 Å². The lowest BCUT2D eigenvalue weighted by Crippen LogP contribution is -2.36. The minimum atomic E-state index is -4.56. The second kappa shape index (κ2) is 8.79. The average Bonchev–Trinajstić information content (AvgIpc) is 3.18. The third kappa shape index (κ3) is 5.04. The summed E-state index contributed by atoms with van der Waals surface area (Å²) >= 11 is 0. The highest BCUT2D eigenvalue weighted by molar-refractivity contribution is 5.93. The van der Waals surface area contributed by atoms with Crippen LogP contribution in [0, 0.1) is 0 Å². The molecule has 2 aromatic heterocycles. The van der Waals surface area contributed by atoms with Gasteiger partial charge in [-0.05, 0) is 25.0 Å². The molecule has 2 heterocycles. The number of hydrogen-bond donors (Lipinski definition) is 2. The van der Waals surface area contributed by atoms with Crippen LogP contribution < -0.4 is 5.32 Å². The Morgan fingerprint density at radius 1 is 1.27 bits per heavy atom. The molecule has 0 bridgehead atoms. The van der Waals surface area contributed by atoms with E-state index in [1.165, 1.54) is 23.3 Å². The Hall–Kier alpha value is -2.42. The fourth-order valence-electron chi connectivity index (χ4n) is 2.83. The SMILES string of the molecule is CO.O=C(NC1CCCCC1)c1cc(C(F)(F)F)cc(-n2ccnc2)n1.[HH]. The number of alkyl halides is 3. The Balaban J connectivity index is 0.00000118. The van der Waals surface area contributed by atoms with Crippen molar-refractivity contribution in [1.82, 2.24) is 19.9 Å². The zero-order chi connectivity index (χ0) is 19.2. The molecule has 1 fully saturated rings. The number of pyridine rings is 1. The summed E-state index contributed by atoms with van der Waals surface area (Å²) in [6.45, 7) is 0. The molecular formula is C17H23F3N4O2. The standard InChI is InChI=1S/C16H17F3N4O.CH4O.H2/c17-16(18,19)11-8-13(15(24)21-12-4-2-1-3-5-12)22-14(9-11)23-7-6-20-10-23;1-2;/h6-10,12H,1-5H2,(H,21,24);2H,1H3;1H. The molecule has 3 rings (SSSR count). The zero-order valence-corrected chi connectivity index (χ0v) is 14.3. The fourth-order valence-corrected chi connectivity index (χ4v) is 2.83. The number of nitrogens with one attached hydrogen (secondary N) is 1. The van der Waals surface area contributed by atoms with E-state index in [1.807, 2.05) is 0 Å². The topological polar surface area (TPSA) is 80.0 Å². The van der Waals surface area contributed by atoms with Gasteiger partial charge in [0.15, 0.2) is 0 Å². The Labute approximate surface area is 150 Å². The summed E-state index contributed by atoms with van der Waals surface area (Å²) in [4.78, 5) is 20.2. The first-order valence-electron chi connectivity index (χ1n) is 8.27. The van der Waals surface area contributed by atoms with Gasteiger partial charge in [-0.1, -0.05) is 19.3 Å². The second-order valence-electron chi connectivity index (χ2n) is 5.88. The highest BCUT2D eigenvalue weighted by Crippen LogP contribution is 2.30. The van der Waals surface area contributed by atoms with E-state index in [4.69, 9.17) is 5.11 Å². The molecule has 26 heavy (non-hydrogen) atoms. The summed E-state index contributed by atoms with van der Waals surface area (Å²) in [5, 5.41) is 9.79. The van der Waals surface area contributed by atoms with Crippen LogP contribution in [0.5, 0.6) is 0 Å². The number of carbonyl (C=O) groups excluding carboxylic acids is 1. The highest BCUT2D eigenvalue weighted by atomic mass is 19.4. The van der Waals surface area contributed by atoms with E-state index >= 15 is 0 Å². The van der Waals surface area contributed by atoms with Gasteiger partial charge in [-0.2, -0.15) is 13.2 Å². The molecule has 0 radical (unpaired) electrons. The van der Waals surface area contributed by atoms with Gasteiger partial charge < -0.3 is 10.4 Å². The van der Waals surface area contributed by atoms with Gasteiger partial charge in [0, 0.05) is 27.0 Å². The summed E-state index contributed by atoms with van der Waals surface area (Å²) in [6.07, 6.45) is 4.54. The third-order valence-corrected chi connectivity index (χ3v) is 4.08. The number of rotatable bonds is 3. The second-order valence-corrected chi connectivity index (χ2v) is 5.88. The van der Waals surface area contributed by atoms with Crippen LogP contribution in [0.1, 0.15) is 49.6 Å². The maximum atomic E-state index is 13.1. The minimum absolute atomic E-state index is 0. The van der Waals surface area contributed by atoms with E-state index in [0.717, 1.165) is 51.3 Å². The molecule has 1 aliphatic rings. The molecule has 2 aromatic rings. The maximum Gasteiger partial charge on any atom is 0.416 e. The number of hydrogen-bond acceptors (Lipinski definition) is 4. The molecule has 1 amide bonds. The van der Waals surface area contributed by atoms with E-state index in [2.05, 4.69) is 15.3 Å². The number of imidazole rings is 1. The monoisotopic (exact) mass is 372 g/mol. The van der Waals surface area contributed by atoms with Gasteiger partial charge in [0.05, 0.1) is 5.56 Å². The largest absolute Gasteiger partial charge is 0.416 e. The van der Waals surface area contributed by atoms with Crippen molar-refractivity contribution in [3.8, 4) is 5.82 Å². The fraction of sp³-hybridized carbons (Fsp3) is 0.471. The van der Waals surface area contributed by atoms with E-state index in [0.29, 0.717) is 0 Å². The number of amides is 1. The molecule has 0 unspecified atom stereocenters. The van der Waals surface area contributed by atoms with Crippen LogP contribution in [0.4, 0.5) is 13.2 Å². The summed E-state index contributed by atoms with van der Waals surface area (Å²) in [7, 11) is 1.00. The summed E-state index contributed by atoms with van der Waals surface area (Å²) < 4.78 is 40.7. The predicted octanol–water partition coefficient (Wildman–Crippen LogP) is 3.20. The minimum Gasteiger partial charge on any atom is -0.400 e. The first-order chi connectivity index (χ1) is 12.4. The molecule has 0 atom stereocenters. The maximum absolute atomic E-state index is 13.1. The van der Waals surface area contributed by atoms with Crippen molar-refractivity contribution in [1.29, 1.82) is 0 Å². The number of aromatic nitrogens is 3. The van der Waals surface area contributed by atoms with Crippen LogP contribution in [0.3, 0.4) is 0 Å². The zero-order valence-electron chi connectivity index (χ0n) is 14.3. The predicted molar refractivity (Wildman–Crippen MR) is 91.0 cm³/mol. The van der Waals surface area contributed by atoms with Crippen LogP contribution in [0.25, 0.3) is 5.82 Å². The molecule has 1 aliphatic carbocycles. The Morgan fingerprint density at radius 2 is 1.96 bits per heavy atom. The lowest BCUT2D eigenvalue weighted by atomic mass is 9.95. The highest BCUT2D eigenvalue weighted by Gasteiger charge is 2.32. The van der Waals surface area contributed by atoms with Crippen LogP contribution >= 0.6 is 0 Å². The molecule has 0 aliphatic heterocycles. The number of carbonyl (C=O) groups is 1.